The molecule has 1 rings (SSSR count). The Morgan fingerprint density at radius 1 is 1.53 bits per heavy atom. The normalized spacial score (nSPS) is 12.1. The number of rotatable bonds is 4. The van der Waals surface area contributed by atoms with Crippen LogP contribution in [0.2, 0.25) is 0 Å². The molecule has 0 saturated carbocycles. The fraction of sp³-hybridized carbons (Fsp3) is 0.300. The zero-order valence-electron chi connectivity index (χ0n) is 8.53. The Bertz CT molecular complexity index is 379. The number of benzene rings is 1. The monoisotopic (exact) mass is 226 g/mol. The zero-order chi connectivity index (χ0) is 11.3. The molecule has 1 unspecified atom stereocenters. The van der Waals surface area contributed by atoms with Crippen molar-refractivity contribution in [2.45, 2.75) is 11.8 Å². The molecule has 0 aliphatic heterocycles. The largest absolute Gasteiger partial charge is 0.399 e. The predicted molar refractivity (Wildman–Crippen MR) is 60.8 cm³/mol. The van der Waals surface area contributed by atoms with Crippen molar-refractivity contribution >= 4 is 22.4 Å². The van der Waals surface area contributed by atoms with Gasteiger partial charge in [0.2, 0.25) is 5.91 Å². The first-order valence-electron chi connectivity index (χ1n) is 4.64. The summed E-state index contributed by atoms with van der Waals surface area (Å²) < 4.78 is 11.7. The van der Waals surface area contributed by atoms with Gasteiger partial charge in [-0.15, -0.1) is 0 Å². The molecule has 0 saturated heterocycles. The zero-order valence-corrected chi connectivity index (χ0v) is 9.34. The van der Waals surface area contributed by atoms with Gasteiger partial charge in [-0.3, -0.25) is 9.00 Å². The number of nitrogens with one attached hydrogen (secondary N) is 1. The fourth-order valence-electron chi connectivity index (χ4n) is 1.11. The summed E-state index contributed by atoms with van der Waals surface area (Å²) in [7, 11) is -1.32. The van der Waals surface area contributed by atoms with Gasteiger partial charge in [0, 0.05) is 17.1 Å². The highest BCUT2D eigenvalue weighted by molar-refractivity contribution is 7.85. The minimum absolute atomic E-state index is 0.0166. The molecule has 1 atom stereocenters. The van der Waals surface area contributed by atoms with Crippen molar-refractivity contribution in [3.05, 3.63) is 24.3 Å². The van der Waals surface area contributed by atoms with E-state index in [1.165, 1.54) is 0 Å². The maximum absolute atomic E-state index is 11.7. The van der Waals surface area contributed by atoms with Crippen molar-refractivity contribution in [1.82, 2.24) is 5.32 Å². The van der Waals surface area contributed by atoms with E-state index in [2.05, 4.69) is 5.32 Å². The average Bonchev–Trinajstić information content (AvgIpc) is 2.18. The van der Waals surface area contributed by atoms with E-state index in [0.29, 0.717) is 17.1 Å². The molecule has 1 aromatic rings. The lowest BCUT2D eigenvalue weighted by molar-refractivity contribution is -0.118. The van der Waals surface area contributed by atoms with E-state index in [1.54, 1.807) is 24.3 Å². The third-order valence-corrected chi connectivity index (χ3v) is 3.06. The number of nitrogens with two attached hydrogens (primary N) is 1. The third kappa shape index (κ3) is 3.71. The third-order valence-electron chi connectivity index (χ3n) is 1.76. The quantitative estimate of drug-likeness (QED) is 0.735. The Kier molecular flexibility index (Phi) is 4.30. The van der Waals surface area contributed by atoms with E-state index >= 15 is 0 Å². The molecule has 0 aromatic heterocycles. The molecule has 0 spiro atoms. The summed E-state index contributed by atoms with van der Waals surface area (Å²) in [5, 5.41) is 2.60. The number of nitrogen functional groups attached to an aromatic ring is 1. The van der Waals surface area contributed by atoms with Gasteiger partial charge in [-0.2, -0.15) is 0 Å². The molecule has 0 radical (unpaired) electrons. The van der Waals surface area contributed by atoms with E-state index in [4.69, 9.17) is 5.73 Å². The number of anilines is 1. The molecular weight excluding hydrogens is 212 g/mol. The molecule has 0 heterocycles. The van der Waals surface area contributed by atoms with Crippen molar-refractivity contribution in [2.75, 3.05) is 18.0 Å². The Hall–Kier alpha value is -1.36. The summed E-state index contributed by atoms with van der Waals surface area (Å²) in [6.07, 6.45) is 0. The van der Waals surface area contributed by atoms with Crippen LogP contribution in [0.1, 0.15) is 6.92 Å². The molecule has 0 aliphatic rings. The van der Waals surface area contributed by atoms with Gasteiger partial charge < -0.3 is 11.1 Å². The van der Waals surface area contributed by atoms with E-state index in [0.717, 1.165) is 0 Å². The molecule has 5 heteroatoms. The molecule has 0 aliphatic carbocycles. The second kappa shape index (κ2) is 5.50. The topological polar surface area (TPSA) is 72.2 Å². The van der Waals surface area contributed by atoms with Crippen LogP contribution in [0.3, 0.4) is 0 Å². The molecule has 0 fully saturated rings. The van der Waals surface area contributed by atoms with Crippen molar-refractivity contribution in [3.63, 3.8) is 0 Å². The first-order chi connectivity index (χ1) is 7.13. The van der Waals surface area contributed by atoms with E-state index < -0.39 is 10.8 Å². The van der Waals surface area contributed by atoms with Crippen molar-refractivity contribution in [2.24, 2.45) is 0 Å². The fourth-order valence-corrected chi connectivity index (χ4v) is 2.11. The minimum atomic E-state index is -1.32. The number of carbonyl (C=O) groups is 1. The lowest BCUT2D eigenvalue weighted by atomic mass is 10.3. The lowest BCUT2D eigenvalue weighted by Crippen LogP contribution is -2.27. The Labute approximate surface area is 91.3 Å². The highest BCUT2D eigenvalue weighted by atomic mass is 32.2. The van der Waals surface area contributed by atoms with Gasteiger partial charge in [0.15, 0.2) is 0 Å². The minimum Gasteiger partial charge on any atom is -0.399 e. The maximum Gasteiger partial charge on any atom is 0.232 e. The highest BCUT2D eigenvalue weighted by Gasteiger charge is 2.09. The molecule has 15 heavy (non-hydrogen) atoms. The maximum atomic E-state index is 11.7. The first kappa shape index (κ1) is 11.7. The molecule has 82 valence electrons. The van der Waals surface area contributed by atoms with Gasteiger partial charge in [0.05, 0.1) is 10.8 Å². The summed E-state index contributed by atoms with van der Waals surface area (Å²) in [6, 6.07) is 6.76. The van der Waals surface area contributed by atoms with Crippen molar-refractivity contribution < 1.29 is 9.00 Å². The standard InChI is InChI=1S/C10H14N2O2S/c1-2-12-10(13)7-15(14)9-5-3-4-8(11)6-9/h3-6H,2,7,11H2,1H3,(H,12,13). The van der Waals surface area contributed by atoms with Crippen LogP contribution in [-0.2, 0) is 15.6 Å². The van der Waals surface area contributed by atoms with Gasteiger partial charge in [0.25, 0.3) is 0 Å². The van der Waals surface area contributed by atoms with Crippen molar-refractivity contribution in [3.8, 4) is 0 Å². The molecule has 0 bridgehead atoms. The number of hydrogen-bond acceptors (Lipinski definition) is 3. The molecule has 3 N–H and O–H groups in total. The Balaban J connectivity index is 2.65. The summed E-state index contributed by atoms with van der Waals surface area (Å²) in [6.45, 7) is 2.37. The summed E-state index contributed by atoms with van der Waals surface area (Å²) >= 11 is 0. The second-order valence-corrected chi connectivity index (χ2v) is 4.47. The predicted octanol–water partition coefficient (Wildman–Crippen LogP) is 0.512. The number of carbonyl (C=O) groups excluding carboxylic acids is 1. The summed E-state index contributed by atoms with van der Waals surface area (Å²) in [5.41, 5.74) is 6.10. The van der Waals surface area contributed by atoms with E-state index in [-0.39, 0.29) is 11.7 Å². The first-order valence-corrected chi connectivity index (χ1v) is 5.96. The number of hydrogen-bond donors (Lipinski definition) is 2. The summed E-state index contributed by atoms with van der Waals surface area (Å²) in [4.78, 5) is 11.8. The molecule has 1 amide bonds. The van der Waals surface area contributed by atoms with Crippen LogP contribution >= 0.6 is 0 Å². The summed E-state index contributed by atoms with van der Waals surface area (Å²) in [5.74, 6) is -0.227. The Morgan fingerprint density at radius 2 is 2.27 bits per heavy atom. The van der Waals surface area contributed by atoms with Gasteiger partial charge in [0.1, 0.15) is 5.75 Å². The van der Waals surface area contributed by atoms with Crippen LogP contribution in [0.25, 0.3) is 0 Å². The smallest absolute Gasteiger partial charge is 0.232 e. The average molecular weight is 226 g/mol. The SMILES string of the molecule is CCNC(=O)CS(=O)c1cccc(N)c1. The van der Waals surface area contributed by atoms with Crippen LogP contribution < -0.4 is 11.1 Å². The van der Waals surface area contributed by atoms with Gasteiger partial charge in [-0.05, 0) is 25.1 Å². The van der Waals surface area contributed by atoms with Gasteiger partial charge in [-0.25, -0.2) is 0 Å². The van der Waals surface area contributed by atoms with E-state index in [1.807, 2.05) is 6.92 Å². The van der Waals surface area contributed by atoms with Crippen LogP contribution in [0.15, 0.2) is 29.2 Å². The highest BCUT2D eigenvalue weighted by Crippen LogP contribution is 2.10. The van der Waals surface area contributed by atoms with Crippen LogP contribution in [0.4, 0.5) is 5.69 Å². The van der Waals surface area contributed by atoms with Crippen molar-refractivity contribution in [1.29, 1.82) is 0 Å². The van der Waals surface area contributed by atoms with Crippen LogP contribution in [-0.4, -0.2) is 22.4 Å². The number of amides is 1. The molecule has 1 aromatic carbocycles. The van der Waals surface area contributed by atoms with Gasteiger partial charge in [-0.1, -0.05) is 6.07 Å². The second-order valence-electron chi connectivity index (χ2n) is 3.02. The van der Waals surface area contributed by atoms with Gasteiger partial charge >= 0.3 is 0 Å². The molecule has 4 nitrogen and oxygen atoms in total. The van der Waals surface area contributed by atoms with E-state index in [9.17, 15) is 9.00 Å². The van der Waals surface area contributed by atoms with Crippen LogP contribution in [0, 0.1) is 0 Å². The lowest BCUT2D eigenvalue weighted by Gasteiger charge is -2.03. The Morgan fingerprint density at radius 3 is 2.87 bits per heavy atom. The molecular formula is C10H14N2O2S. The van der Waals surface area contributed by atoms with Crippen LogP contribution in [0.5, 0.6) is 0 Å².